The van der Waals surface area contributed by atoms with Crippen LogP contribution in [0.25, 0.3) is 98.8 Å². The molecule has 0 radical (unpaired) electrons. The van der Waals surface area contributed by atoms with Gasteiger partial charge in [0.05, 0.1) is 0 Å². The minimum absolute atomic E-state index is 0.914. The second-order valence-corrected chi connectivity index (χ2v) is 12.8. The fourth-order valence-corrected chi connectivity index (χ4v) is 7.82. The van der Waals surface area contributed by atoms with E-state index in [2.05, 4.69) is 182 Å². The van der Waals surface area contributed by atoms with Crippen molar-refractivity contribution < 1.29 is 4.42 Å². The summed E-state index contributed by atoms with van der Waals surface area (Å²) in [5.41, 5.74) is 11.6. The second kappa shape index (κ2) is 11.1. The van der Waals surface area contributed by atoms with Crippen molar-refractivity contribution in [1.82, 2.24) is 0 Å². The molecule has 0 unspecified atom stereocenters. The lowest BCUT2D eigenvalue weighted by molar-refractivity contribution is 0.673. The molecule has 49 heavy (non-hydrogen) atoms. The Labute approximate surface area is 284 Å². The van der Waals surface area contributed by atoms with E-state index < -0.39 is 0 Å². The molecule has 0 fully saturated rings. The van der Waals surface area contributed by atoms with Crippen LogP contribution in [0.15, 0.2) is 186 Å². The highest BCUT2D eigenvalue weighted by molar-refractivity contribution is 6.22. The Balaban J connectivity index is 1.13. The zero-order chi connectivity index (χ0) is 32.3. The van der Waals surface area contributed by atoms with Crippen LogP contribution in [0.3, 0.4) is 0 Å². The van der Waals surface area contributed by atoms with Gasteiger partial charge in [-0.15, -0.1) is 0 Å². The maximum Gasteiger partial charge on any atom is 0.143 e. The predicted octanol–water partition coefficient (Wildman–Crippen LogP) is 13.7. The molecular formula is C48H30O. The molecule has 1 aromatic heterocycles. The Morgan fingerprint density at radius 2 is 0.776 bits per heavy atom. The molecule has 0 aliphatic heterocycles. The van der Waals surface area contributed by atoms with Crippen molar-refractivity contribution in [3.8, 4) is 44.5 Å². The van der Waals surface area contributed by atoms with Gasteiger partial charge in [-0.1, -0.05) is 170 Å². The molecule has 9 aromatic carbocycles. The van der Waals surface area contributed by atoms with Gasteiger partial charge in [0.1, 0.15) is 11.2 Å². The van der Waals surface area contributed by atoms with E-state index in [9.17, 15) is 0 Å². The first-order chi connectivity index (χ1) is 24.3. The average Bonchev–Trinajstić information content (AvgIpc) is 3.57. The SMILES string of the molecule is c1ccc(-c2ccc(-c3c4ccccc4c(-c4ccc(-c5cccc6oc7c8ccccc8ccc7c56)cc4)c4ccccc34)cc2)cc1. The van der Waals surface area contributed by atoms with Crippen LogP contribution < -0.4 is 0 Å². The summed E-state index contributed by atoms with van der Waals surface area (Å²) >= 11 is 0. The standard InChI is InChI=1S/C48H30O/c1-2-11-31(12-3-1)32-21-25-35(26-22-32)45-39-15-6-8-17-41(39)46(42-18-9-7-16-40(42)45)36-27-23-34(24-28-36)37-19-10-20-44-47(37)43-30-29-33-13-4-5-14-38(33)48(43)49-44/h1-30H. The van der Waals surface area contributed by atoms with E-state index in [4.69, 9.17) is 4.42 Å². The van der Waals surface area contributed by atoms with Gasteiger partial charge in [0.2, 0.25) is 0 Å². The van der Waals surface area contributed by atoms with E-state index in [0.717, 1.165) is 27.3 Å². The average molecular weight is 623 g/mol. The van der Waals surface area contributed by atoms with E-state index in [1.807, 2.05) is 0 Å². The maximum atomic E-state index is 6.49. The molecule has 228 valence electrons. The van der Waals surface area contributed by atoms with Crippen LogP contribution in [0.2, 0.25) is 0 Å². The van der Waals surface area contributed by atoms with Gasteiger partial charge in [-0.25, -0.2) is 0 Å². The van der Waals surface area contributed by atoms with Crippen molar-refractivity contribution in [2.45, 2.75) is 0 Å². The van der Waals surface area contributed by atoms with Crippen LogP contribution in [0.4, 0.5) is 0 Å². The van der Waals surface area contributed by atoms with Gasteiger partial charge in [0.15, 0.2) is 0 Å². The van der Waals surface area contributed by atoms with Gasteiger partial charge in [0, 0.05) is 16.2 Å². The molecule has 0 spiro atoms. The molecule has 0 aliphatic rings. The fourth-order valence-electron chi connectivity index (χ4n) is 7.82. The number of hydrogen-bond donors (Lipinski definition) is 0. The topological polar surface area (TPSA) is 13.1 Å². The van der Waals surface area contributed by atoms with Crippen molar-refractivity contribution in [2.75, 3.05) is 0 Å². The first kappa shape index (κ1) is 27.7. The van der Waals surface area contributed by atoms with Crippen LogP contribution in [0.1, 0.15) is 0 Å². The zero-order valence-electron chi connectivity index (χ0n) is 26.7. The summed E-state index contributed by atoms with van der Waals surface area (Å²) in [5.74, 6) is 0. The number of hydrogen-bond acceptors (Lipinski definition) is 1. The summed E-state index contributed by atoms with van der Waals surface area (Å²) in [6.45, 7) is 0. The molecular weight excluding hydrogens is 593 g/mol. The van der Waals surface area contributed by atoms with Crippen molar-refractivity contribution >= 4 is 54.3 Å². The lowest BCUT2D eigenvalue weighted by Crippen LogP contribution is -1.91. The Hall–Kier alpha value is -6.44. The van der Waals surface area contributed by atoms with Crippen molar-refractivity contribution in [2.24, 2.45) is 0 Å². The lowest BCUT2D eigenvalue weighted by atomic mass is 9.85. The number of fused-ring (bicyclic) bond motifs is 7. The van der Waals surface area contributed by atoms with Gasteiger partial charge in [0.25, 0.3) is 0 Å². The van der Waals surface area contributed by atoms with Gasteiger partial charge < -0.3 is 4.42 Å². The normalized spacial score (nSPS) is 11.7. The smallest absolute Gasteiger partial charge is 0.143 e. The summed E-state index contributed by atoms with van der Waals surface area (Å²) in [7, 11) is 0. The van der Waals surface area contributed by atoms with E-state index in [-0.39, 0.29) is 0 Å². The van der Waals surface area contributed by atoms with Gasteiger partial charge >= 0.3 is 0 Å². The van der Waals surface area contributed by atoms with Crippen molar-refractivity contribution in [1.29, 1.82) is 0 Å². The monoisotopic (exact) mass is 622 g/mol. The molecule has 10 aromatic rings. The Kier molecular flexibility index (Phi) is 6.25. The van der Waals surface area contributed by atoms with Crippen molar-refractivity contribution in [3.63, 3.8) is 0 Å². The molecule has 0 atom stereocenters. The Morgan fingerprint density at radius 1 is 0.286 bits per heavy atom. The first-order valence-electron chi connectivity index (χ1n) is 16.8. The Bertz CT molecular complexity index is 2780. The molecule has 0 N–H and O–H groups in total. The van der Waals surface area contributed by atoms with Crippen LogP contribution in [-0.4, -0.2) is 0 Å². The molecule has 10 rings (SSSR count). The third-order valence-corrected chi connectivity index (χ3v) is 10.1. The minimum Gasteiger partial charge on any atom is -0.455 e. The first-order valence-corrected chi connectivity index (χ1v) is 16.8. The molecule has 0 saturated heterocycles. The highest BCUT2D eigenvalue weighted by atomic mass is 16.3. The molecule has 0 saturated carbocycles. The van der Waals surface area contributed by atoms with Crippen LogP contribution in [0.5, 0.6) is 0 Å². The Morgan fingerprint density at radius 3 is 1.39 bits per heavy atom. The molecule has 1 heterocycles. The number of benzene rings is 9. The fraction of sp³-hybridized carbons (Fsp3) is 0. The van der Waals surface area contributed by atoms with Gasteiger partial charge in [-0.3, -0.25) is 0 Å². The lowest BCUT2D eigenvalue weighted by Gasteiger charge is -2.18. The number of furan rings is 1. The third-order valence-electron chi connectivity index (χ3n) is 10.1. The summed E-state index contributed by atoms with van der Waals surface area (Å²) in [6.07, 6.45) is 0. The molecule has 1 heteroatoms. The summed E-state index contributed by atoms with van der Waals surface area (Å²) in [6, 6.07) is 65.7. The zero-order valence-corrected chi connectivity index (χ0v) is 26.7. The summed E-state index contributed by atoms with van der Waals surface area (Å²) in [4.78, 5) is 0. The second-order valence-electron chi connectivity index (χ2n) is 12.8. The van der Waals surface area contributed by atoms with Crippen LogP contribution in [0, 0.1) is 0 Å². The molecule has 1 nitrogen and oxygen atoms in total. The van der Waals surface area contributed by atoms with E-state index in [0.29, 0.717) is 0 Å². The van der Waals surface area contributed by atoms with E-state index in [1.165, 1.54) is 71.4 Å². The number of rotatable bonds is 4. The molecule has 0 bridgehead atoms. The summed E-state index contributed by atoms with van der Waals surface area (Å²) < 4.78 is 6.49. The van der Waals surface area contributed by atoms with Crippen LogP contribution >= 0.6 is 0 Å². The quantitative estimate of drug-likeness (QED) is 0.178. The van der Waals surface area contributed by atoms with Gasteiger partial charge in [-0.2, -0.15) is 0 Å². The van der Waals surface area contributed by atoms with E-state index in [1.54, 1.807) is 0 Å². The highest BCUT2D eigenvalue weighted by Crippen LogP contribution is 2.45. The maximum absolute atomic E-state index is 6.49. The van der Waals surface area contributed by atoms with Gasteiger partial charge in [-0.05, 0) is 83.6 Å². The van der Waals surface area contributed by atoms with Crippen LogP contribution in [-0.2, 0) is 0 Å². The molecule has 0 amide bonds. The van der Waals surface area contributed by atoms with E-state index >= 15 is 0 Å². The third kappa shape index (κ3) is 4.40. The summed E-state index contributed by atoms with van der Waals surface area (Å²) in [5, 5.41) is 9.68. The minimum atomic E-state index is 0.914. The largest absolute Gasteiger partial charge is 0.455 e. The highest BCUT2D eigenvalue weighted by Gasteiger charge is 2.18. The van der Waals surface area contributed by atoms with Crippen molar-refractivity contribution in [3.05, 3.63) is 182 Å². The molecule has 0 aliphatic carbocycles. The predicted molar refractivity (Wildman–Crippen MR) is 208 cm³/mol.